The molecule has 3 rings (SSSR count). The SMILES string of the molecule is Cc1ccc(CNC(=O)CCc2nnc(-c3ccsc3)o2)cc1F. The van der Waals surface area contributed by atoms with E-state index in [0.29, 0.717) is 30.3 Å². The van der Waals surface area contributed by atoms with Crippen LogP contribution in [0.3, 0.4) is 0 Å². The molecule has 5 nitrogen and oxygen atoms in total. The lowest BCUT2D eigenvalue weighted by atomic mass is 10.1. The van der Waals surface area contributed by atoms with Gasteiger partial charge in [-0.25, -0.2) is 4.39 Å². The number of carbonyl (C=O) groups is 1. The van der Waals surface area contributed by atoms with Crippen molar-refractivity contribution in [1.82, 2.24) is 15.5 Å². The average Bonchev–Trinajstić information content (AvgIpc) is 3.25. The first-order chi connectivity index (χ1) is 11.6. The van der Waals surface area contributed by atoms with Gasteiger partial charge in [0, 0.05) is 30.3 Å². The molecule has 0 saturated carbocycles. The van der Waals surface area contributed by atoms with Gasteiger partial charge in [0.1, 0.15) is 5.82 Å². The zero-order valence-electron chi connectivity index (χ0n) is 13.1. The van der Waals surface area contributed by atoms with Crippen molar-refractivity contribution in [1.29, 1.82) is 0 Å². The number of amides is 1. The molecule has 1 amide bonds. The molecule has 0 spiro atoms. The maximum absolute atomic E-state index is 13.5. The predicted octanol–water partition coefficient (Wildman–Crippen LogP) is 3.49. The number of carbonyl (C=O) groups excluding carboxylic acids is 1. The Kier molecular flexibility index (Phi) is 5.00. The van der Waals surface area contributed by atoms with Gasteiger partial charge in [-0.05, 0) is 35.6 Å². The van der Waals surface area contributed by atoms with E-state index in [2.05, 4.69) is 15.5 Å². The Morgan fingerprint density at radius 3 is 2.96 bits per heavy atom. The Morgan fingerprint density at radius 2 is 2.21 bits per heavy atom. The van der Waals surface area contributed by atoms with Gasteiger partial charge in [0.15, 0.2) is 0 Å². The number of benzene rings is 1. The summed E-state index contributed by atoms with van der Waals surface area (Å²) >= 11 is 1.55. The van der Waals surface area contributed by atoms with Gasteiger partial charge in [-0.2, -0.15) is 11.3 Å². The Morgan fingerprint density at radius 1 is 1.33 bits per heavy atom. The Balaban J connectivity index is 1.48. The highest BCUT2D eigenvalue weighted by atomic mass is 32.1. The van der Waals surface area contributed by atoms with Crippen molar-refractivity contribution in [2.75, 3.05) is 0 Å². The minimum atomic E-state index is -0.270. The summed E-state index contributed by atoms with van der Waals surface area (Å²) in [5, 5.41) is 14.5. The first kappa shape index (κ1) is 16.3. The zero-order chi connectivity index (χ0) is 16.9. The van der Waals surface area contributed by atoms with E-state index < -0.39 is 0 Å². The van der Waals surface area contributed by atoms with Crippen molar-refractivity contribution in [3.63, 3.8) is 0 Å². The van der Waals surface area contributed by atoms with Gasteiger partial charge >= 0.3 is 0 Å². The van der Waals surface area contributed by atoms with Crippen LogP contribution in [-0.4, -0.2) is 16.1 Å². The van der Waals surface area contributed by atoms with Crippen molar-refractivity contribution in [2.24, 2.45) is 0 Å². The molecule has 24 heavy (non-hydrogen) atoms. The fourth-order valence-electron chi connectivity index (χ4n) is 2.11. The van der Waals surface area contributed by atoms with Crippen LogP contribution in [0.25, 0.3) is 11.5 Å². The lowest BCUT2D eigenvalue weighted by molar-refractivity contribution is -0.121. The fourth-order valence-corrected chi connectivity index (χ4v) is 2.74. The van der Waals surface area contributed by atoms with E-state index in [1.54, 1.807) is 30.4 Å². The van der Waals surface area contributed by atoms with Gasteiger partial charge in [0.2, 0.25) is 17.7 Å². The van der Waals surface area contributed by atoms with Crippen molar-refractivity contribution in [2.45, 2.75) is 26.3 Å². The van der Waals surface area contributed by atoms with Gasteiger partial charge in [-0.3, -0.25) is 4.79 Å². The number of thiophene rings is 1. The third-order valence-corrected chi connectivity index (χ3v) is 4.21. The Bertz CT molecular complexity index is 830. The lowest BCUT2D eigenvalue weighted by Gasteiger charge is -2.05. The summed E-state index contributed by atoms with van der Waals surface area (Å²) in [5.74, 6) is 0.467. The third kappa shape index (κ3) is 4.05. The van der Waals surface area contributed by atoms with Crippen LogP contribution in [0.2, 0.25) is 0 Å². The molecule has 1 aromatic carbocycles. The first-order valence-electron chi connectivity index (χ1n) is 7.48. The molecule has 3 aromatic rings. The summed E-state index contributed by atoms with van der Waals surface area (Å²) in [6, 6.07) is 6.82. The molecule has 0 radical (unpaired) electrons. The lowest BCUT2D eigenvalue weighted by Crippen LogP contribution is -2.23. The minimum absolute atomic E-state index is 0.147. The minimum Gasteiger partial charge on any atom is -0.421 e. The van der Waals surface area contributed by atoms with E-state index in [9.17, 15) is 9.18 Å². The monoisotopic (exact) mass is 345 g/mol. The molecule has 0 atom stereocenters. The maximum Gasteiger partial charge on any atom is 0.248 e. The number of hydrogen-bond acceptors (Lipinski definition) is 5. The van der Waals surface area contributed by atoms with Crippen LogP contribution >= 0.6 is 11.3 Å². The standard InChI is InChI=1S/C17H16FN3O2S/c1-11-2-3-12(8-14(11)18)9-19-15(22)4-5-16-20-21-17(23-16)13-6-7-24-10-13/h2-3,6-8,10H,4-5,9H2,1H3,(H,19,22). The van der Waals surface area contributed by atoms with E-state index in [-0.39, 0.29) is 18.1 Å². The normalized spacial score (nSPS) is 10.8. The number of aromatic nitrogens is 2. The number of nitrogens with one attached hydrogen (secondary N) is 1. The smallest absolute Gasteiger partial charge is 0.248 e. The Labute approximate surface area is 142 Å². The number of hydrogen-bond donors (Lipinski definition) is 1. The van der Waals surface area contributed by atoms with E-state index in [4.69, 9.17) is 4.42 Å². The van der Waals surface area contributed by atoms with E-state index >= 15 is 0 Å². The number of aryl methyl sites for hydroxylation is 2. The summed E-state index contributed by atoms with van der Waals surface area (Å²) in [6.45, 7) is 1.99. The molecule has 0 fully saturated rings. The molecule has 1 N–H and O–H groups in total. The second-order valence-electron chi connectivity index (χ2n) is 5.37. The van der Waals surface area contributed by atoms with E-state index in [1.807, 2.05) is 16.8 Å². The van der Waals surface area contributed by atoms with Crippen LogP contribution < -0.4 is 5.32 Å². The highest BCUT2D eigenvalue weighted by Gasteiger charge is 2.11. The van der Waals surface area contributed by atoms with Crippen LogP contribution in [-0.2, 0) is 17.8 Å². The summed E-state index contributed by atoms with van der Waals surface area (Å²) in [6.07, 6.45) is 0.602. The number of nitrogens with zero attached hydrogens (tertiary/aromatic N) is 2. The van der Waals surface area contributed by atoms with Crippen molar-refractivity contribution in [3.05, 3.63) is 57.9 Å². The molecular formula is C17H16FN3O2S. The van der Waals surface area contributed by atoms with Gasteiger partial charge in [-0.15, -0.1) is 10.2 Å². The third-order valence-electron chi connectivity index (χ3n) is 3.53. The molecular weight excluding hydrogens is 329 g/mol. The number of halogens is 1. The molecule has 2 aromatic heterocycles. The van der Waals surface area contributed by atoms with Crippen LogP contribution in [0.15, 0.2) is 39.4 Å². The second-order valence-corrected chi connectivity index (χ2v) is 6.15. The maximum atomic E-state index is 13.5. The average molecular weight is 345 g/mol. The molecule has 0 aliphatic carbocycles. The molecule has 0 aliphatic heterocycles. The highest BCUT2D eigenvalue weighted by molar-refractivity contribution is 7.08. The molecule has 0 saturated heterocycles. The number of rotatable bonds is 6. The summed E-state index contributed by atoms with van der Waals surface area (Å²) in [7, 11) is 0. The Hall–Kier alpha value is -2.54. The van der Waals surface area contributed by atoms with E-state index in [0.717, 1.165) is 11.1 Å². The van der Waals surface area contributed by atoms with Crippen molar-refractivity contribution in [3.8, 4) is 11.5 Å². The predicted molar refractivity (Wildman–Crippen MR) is 88.9 cm³/mol. The van der Waals surface area contributed by atoms with Gasteiger partial charge in [0.05, 0.1) is 0 Å². The van der Waals surface area contributed by atoms with Gasteiger partial charge < -0.3 is 9.73 Å². The van der Waals surface area contributed by atoms with Crippen molar-refractivity contribution < 1.29 is 13.6 Å². The molecule has 0 unspecified atom stereocenters. The first-order valence-corrected chi connectivity index (χ1v) is 8.43. The molecule has 0 bridgehead atoms. The molecule has 2 heterocycles. The van der Waals surface area contributed by atoms with Crippen molar-refractivity contribution >= 4 is 17.2 Å². The quantitative estimate of drug-likeness (QED) is 0.742. The van der Waals surface area contributed by atoms with Crippen LogP contribution in [0.4, 0.5) is 4.39 Å². The van der Waals surface area contributed by atoms with Gasteiger partial charge in [-0.1, -0.05) is 12.1 Å². The molecule has 124 valence electrons. The van der Waals surface area contributed by atoms with Crippen LogP contribution in [0, 0.1) is 12.7 Å². The summed E-state index contributed by atoms with van der Waals surface area (Å²) in [5.41, 5.74) is 2.19. The fraction of sp³-hybridized carbons (Fsp3) is 0.235. The topological polar surface area (TPSA) is 68.0 Å². The summed E-state index contributed by atoms with van der Waals surface area (Å²) < 4.78 is 19.0. The van der Waals surface area contributed by atoms with Crippen LogP contribution in [0.5, 0.6) is 0 Å². The van der Waals surface area contributed by atoms with Gasteiger partial charge in [0.25, 0.3) is 0 Å². The van der Waals surface area contributed by atoms with E-state index in [1.165, 1.54) is 6.07 Å². The molecule has 7 heteroatoms. The highest BCUT2D eigenvalue weighted by Crippen LogP contribution is 2.20. The van der Waals surface area contributed by atoms with Crippen LogP contribution in [0.1, 0.15) is 23.4 Å². The summed E-state index contributed by atoms with van der Waals surface area (Å²) in [4.78, 5) is 11.9. The molecule has 0 aliphatic rings. The largest absolute Gasteiger partial charge is 0.421 e. The zero-order valence-corrected chi connectivity index (χ0v) is 13.9. The second kappa shape index (κ2) is 7.35.